The number of carbonyl (C=O) groups is 3. The third-order valence-electron chi connectivity index (χ3n) is 5.76. The number of rotatable bonds is 4. The van der Waals surface area contributed by atoms with Crippen molar-refractivity contribution in [2.75, 3.05) is 0 Å². The second kappa shape index (κ2) is 7.67. The fourth-order valence-corrected chi connectivity index (χ4v) is 4.21. The van der Waals surface area contributed by atoms with Gasteiger partial charge in [0, 0.05) is 36.0 Å². The number of aromatic nitrogens is 2. The van der Waals surface area contributed by atoms with Crippen LogP contribution in [0.5, 0.6) is 0 Å². The van der Waals surface area contributed by atoms with E-state index < -0.39 is 18.4 Å². The molecule has 2 aromatic carbocycles. The molecule has 2 aliphatic rings. The van der Waals surface area contributed by atoms with Gasteiger partial charge in [-0.15, -0.1) is 0 Å². The first kappa shape index (κ1) is 20.0. The molecule has 0 spiro atoms. The third kappa shape index (κ3) is 3.35. The second-order valence-electron chi connectivity index (χ2n) is 7.77. The SMILES string of the molecule is O=C1CCC(N2Cc3cc(-c4nc(C(F)F)cn4-c4ccccc4)ccc3C2=O)C(=O)N1. The predicted molar refractivity (Wildman–Crippen MR) is 110 cm³/mol. The van der Waals surface area contributed by atoms with Crippen LogP contribution in [0.1, 0.15) is 40.9 Å². The lowest BCUT2D eigenvalue weighted by Crippen LogP contribution is -2.52. The number of nitrogens with zero attached hydrogens (tertiary/aromatic N) is 3. The maximum absolute atomic E-state index is 13.4. The zero-order chi connectivity index (χ0) is 22.4. The molecule has 1 saturated heterocycles. The van der Waals surface area contributed by atoms with Gasteiger partial charge in [-0.05, 0) is 36.2 Å². The summed E-state index contributed by atoms with van der Waals surface area (Å²) in [5.41, 5.74) is 2.05. The molecular weight excluding hydrogens is 418 g/mol. The van der Waals surface area contributed by atoms with Crippen molar-refractivity contribution in [3.63, 3.8) is 0 Å². The minimum Gasteiger partial charge on any atom is -0.322 e. The van der Waals surface area contributed by atoms with Gasteiger partial charge >= 0.3 is 0 Å². The normalized spacial score (nSPS) is 18.3. The molecular formula is C23H18F2N4O3. The number of para-hydroxylation sites is 1. The topological polar surface area (TPSA) is 84.3 Å². The number of benzene rings is 2. The average molecular weight is 436 g/mol. The molecule has 5 rings (SSSR count). The van der Waals surface area contributed by atoms with Gasteiger partial charge in [-0.2, -0.15) is 0 Å². The van der Waals surface area contributed by atoms with Crippen molar-refractivity contribution in [1.29, 1.82) is 0 Å². The van der Waals surface area contributed by atoms with Crippen LogP contribution in [0, 0.1) is 0 Å². The molecule has 0 saturated carbocycles. The highest BCUT2D eigenvalue weighted by Crippen LogP contribution is 2.33. The molecule has 32 heavy (non-hydrogen) atoms. The standard InChI is InChI=1S/C23H18F2N4O3/c24-20(25)17-12-28(15-4-2-1-3-5-15)21(26-17)13-6-7-16-14(10-13)11-29(23(16)32)18-8-9-19(30)27-22(18)31/h1-7,10,12,18,20H,8-9,11H2,(H,27,30,31). The number of hydrogen-bond acceptors (Lipinski definition) is 4. The molecule has 0 aliphatic carbocycles. The lowest BCUT2D eigenvalue weighted by atomic mass is 10.0. The first-order valence-corrected chi connectivity index (χ1v) is 10.1. The summed E-state index contributed by atoms with van der Waals surface area (Å²) < 4.78 is 28.4. The molecule has 3 heterocycles. The second-order valence-corrected chi connectivity index (χ2v) is 7.77. The first-order chi connectivity index (χ1) is 15.4. The van der Waals surface area contributed by atoms with Crippen molar-refractivity contribution in [3.05, 3.63) is 71.5 Å². The molecule has 0 radical (unpaired) electrons. The maximum Gasteiger partial charge on any atom is 0.281 e. The Kier molecular flexibility index (Phi) is 4.80. The van der Waals surface area contributed by atoms with Gasteiger partial charge in [-0.3, -0.25) is 24.3 Å². The monoisotopic (exact) mass is 436 g/mol. The summed E-state index contributed by atoms with van der Waals surface area (Å²) in [6.45, 7) is 0.196. The maximum atomic E-state index is 13.4. The van der Waals surface area contributed by atoms with Crippen LogP contribution in [-0.2, 0) is 16.1 Å². The molecule has 1 fully saturated rings. The van der Waals surface area contributed by atoms with E-state index in [0.29, 0.717) is 28.2 Å². The summed E-state index contributed by atoms with van der Waals surface area (Å²) >= 11 is 0. The van der Waals surface area contributed by atoms with Gasteiger partial charge in [0.15, 0.2) is 0 Å². The van der Waals surface area contributed by atoms with Crippen LogP contribution < -0.4 is 5.32 Å². The van der Waals surface area contributed by atoms with Crippen LogP contribution in [-0.4, -0.2) is 38.2 Å². The van der Waals surface area contributed by atoms with Crippen molar-refractivity contribution in [2.24, 2.45) is 0 Å². The Hall–Kier alpha value is -3.88. The molecule has 1 atom stereocenters. The van der Waals surface area contributed by atoms with Gasteiger partial charge in [-0.25, -0.2) is 13.8 Å². The van der Waals surface area contributed by atoms with Crippen molar-refractivity contribution in [3.8, 4) is 17.1 Å². The molecule has 0 bridgehead atoms. The van der Waals surface area contributed by atoms with Crippen LogP contribution in [0.4, 0.5) is 8.78 Å². The summed E-state index contributed by atoms with van der Waals surface area (Å²) in [5, 5.41) is 2.27. The summed E-state index contributed by atoms with van der Waals surface area (Å²) in [7, 11) is 0. The highest BCUT2D eigenvalue weighted by atomic mass is 19.3. The van der Waals surface area contributed by atoms with E-state index in [1.165, 1.54) is 11.1 Å². The summed E-state index contributed by atoms with van der Waals surface area (Å²) in [4.78, 5) is 42.2. The molecule has 1 N–H and O–H groups in total. The quantitative estimate of drug-likeness (QED) is 0.637. The van der Waals surface area contributed by atoms with Crippen LogP contribution in [0.15, 0.2) is 54.7 Å². The van der Waals surface area contributed by atoms with E-state index in [-0.39, 0.29) is 36.9 Å². The van der Waals surface area contributed by atoms with Gasteiger partial charge in [0.1, 0.15) is 17.6 Å². The van der Waals surface area contributed by atoms with Crippen LogP contribution in [0.3, 0.4) is 0 Å². The Labute approximate surface area is 181 Å². The Bertz CT molecular complexity index is 1240. The fourth-order valence-electron chi connectivity index (χ4n) is 4.21. The van der Waals surface area contributed by atoms with Crippen LogP contribution >= 0.6 is 0 Å². The number of hydrogen-bond donors (Lipinski definition) is 1. The number of imidazole rings is 1. The van der Waals surface area contributed by atoms with E-state index in [1.807, 2.05) is 6.07 Å². The molecule has 2 aliphatic heterocycles. The number of alkyl halides is 2. The van der Waals surface area contributed by atoms with Gasteiger partial charge < -0.3 is 4.90 Å². The Balaban J connectivity index is 1.51. The third-order valence-corrected chi connectivity index (χ3v) is 5.76. The zero-order valence-corrected chi connectivity index (χ0v) is 16.8. The van der Waals surface area contributed by atoms with E-state index in [1.54, 1.807) is 47.0 Å². The molecule has 7 nitrogen and oxygen atoms in total. The minimum atomic E-state index is -2.72. The average Bonchev–Trinajstić information content (AvgIpc) is 3.36. The highest BCUT2D eigenvalue weighted by molar-refractivity contribution is 6.05. The smallest absolute Gasteiger partial charge is 0.281 e. The summed E-state index contributed by atoms with van der Waals surface area (Å²) in [5.74, 6) is -0.786. The number of halogens is 2. The van der Waals surface area contributed by atoms with Crippen molar-refractivity contribution in [2.45, 2.75) is 31.9 Å². The lowest BCUT2D eigenvalue weighted by molar-refractivity contribution is -0.136. The zero-order valence-electron chi connectivity index (χ0n) is 16.8. The molecule has 162 valence electrons. The number of amides is 3. The highest BCUT2D eigenvalue weighted by Gasteiger charge is 2.39. The fraction of sp³-hybridized carbons (Fsp3) is 0.217. The molecule has 3 amide bonds. The molecule has 1 aromatic heterocycles. The Morgan fingerprint density at radius 3 is 2.56 bits per heavy atom. The van der Waals surface area contributed by atoms with E-state index in [9.17, 15) is 23.2 Å². The summed E-state index contributed by atoms with van der Waals surface area (Å²) in [6, 6.07) is 13.4. The molecule has 9 heteroatoms. The number of piperidine rings is 1. The van der Waals surface area contributed by atoms with Crippen LogP contribution in [0.2, 0.25) is 0 Å². The Morgan fingerprint density at radius 2 is 1.84 bits per heavy atom. The number of nitrogens with one attached hydrogen (secondary N) is 1. The van der Waals surface area contributed by atoms with Crippen molar-refractivity contribution in [1.82, 2.24) is 19.8 Å². The first-order valence-electron chi connectivity index (χ1n) is 10.1. The Morgan fingerprint density at radius 1 is 1.06 bits per heavy atom. The minimum absolute atomic E-state index is 0.173. The van der Waals surface area contributed by atoms with Crippen molar-refractivity contribution >= 4 is 17.7 Å². The molecule has 1 unspecified atom stereocenters. The van der Waals surface area contributed by atoms with Gasteiger partial charge in [-0.1, -0.05) is 24.3 Å². The summed E-state index contributed by atoms with van der Waals surface area (Å²) in [6.07, 6.45) is -0.971. The lowest BCUT2D eigenvalue weighted by Gasteiger charge is -2.29. The van der Waals surface area contributed by atoms with Crippen LogP contribution in [0.25, 0.3) is 17.1 Å². The molecule has 3 aromatic rings. The van der Waals surface area contributed by atoms with E-state index in [0.717, 1.165) is 0 Å². The number of fused-ring (bicyclic) bond motifs is 1. The number of imide groups is 1. The van der Waals surface area contributed by atoms with Crippen molar-refractivity contribution < 1.29 is 23.2 Å². The van der Waals surface area contributed by atoms with Gasteiger partial charge in [0.2, 0.25) is 11.8 Å². The largest absolute Gasteiger partial charge is 0.322 e. The van der Waals surface area contributed by atoms with Gasteiger partial charge in [0.05, 0.1) is 0 Å². The van der Waals surface area contributed by atoms with E-state index in [2.05, 4.69) is 10.3 Å². The predicted octanol–water partition coefficient (Wildman–Crippen LogP) is 3.24. The van der Waals surface area contributed by atoms with E-state index in [4.69, 9.17) is 0 Å². The van der Waals surface area contributed by atoms with E-state index >= 15 is 0 Å². The number of carbonyl (C=O) groups excluding carboxylic acids is 3. The van der Waals surface area contributed by atoms with Gasteiger partial charge in [0.25, 0.3) is 12.3 Å².